The van der Waals surface area contributed by atoms with E-state index in [4.69, 9.17) is 0 Å². The van der Waals surface area contributed by atoms with Gasteiger partial charge < -0.3 is 5.32 Å². The third-order valence-corrected chi connectivity index (χ3v) is 3.13. The second-order valence-corrected chi connectivity index (χ2v) is 4.71. The molecule has 96 valence electrons. The van der Waals surface area contributed by atoms with Crippen LogP contribution in [0.15, 0.2) is 37.1 Å². The molecule has 0 spiro atoms. The maximum atomic E-state index is 12.0. The molecule has 0 bridgehead atoms. The molecule has 0 aliphatic heterocycles. The van der Waals surface area contributed by atoms with Crippen LogP contribution in [0.3, 0.4) is 0 Å². The van der Waals surface area contributed by atoms with Gasteiger partial charge in [-0.2, -0.15) is 0 Å². The standard InChI is InChI=1S/C14H14N4O/c19-14(18-6-10-1-2-10)11-3-4-17-13(5-11)12-7-15-9-16-8-12/h3-5,7-10H,1-2,6H2,(H,18,19). The van der Waals surface area contributed by atoms with Crippen molar-refractivity contribution in [2.45, 2.75) is 12.8 Å². The molecular weight excluding hydrogens is 240 g/mol. The Morgan fingerprint density at radius 2 is 2.11 bits per heavy atom. The molecule has 2 aromatic rings. The van der Waals surface area contributed by atoms with Crippen LogP contribution in [0.2, 0.25) is 0 Å². The third-order valence-electron chi connectivity index (χ3n) is 3.13. The fourth-order valence-corrected chi connectivity index (χ4v) is 1.82. The van der Waals surface area contributed by atoms with Gasteiger partial charge in [-0.3, -0.25) is 9.78 Å². The van der Waals surface area contributed by atoms with E-state index in [1.54, 1.807) is 30.7 Å². The first-order chi connectivity index (χ1) is 9.33. The molecule has 1 saturated carbocycles. The van der Waals surface area contributed by atoms with Crippen LogP contribution in [0.25, 0.3) is 11.3 Å². The number of carbonyl (C=O) groups is 1. The Bertz CT molecular complexity index is 581. The zero-order valence-corrected chi connectivity index (χ0v) is 10.4. The van der Waals surface area contributed by atoms with Crippen molar-refractivity contribution >= 4 is 5.91 Å². The number of aromatic nitrogens is 3. The zero-order valence-electron chi connectivity index (χ0n) is 10.4. The summed E-state index contributed by atoms with van der Waals surface area (Å²) >= 11 is 0. The van der Waals surface area contributed by atoms with Gasteiger partial charge in [0.15, 0.2) is 0 Å². The van der Waals surface area contributed by atoms with Crippen molar-refractivity contribution in [2.75, 3.05) is 6.54 Å². The van der Waals surface area contributed by atoms with Crippen LogP contribution in [0.4, 0.5) is 0 Å². The number of carbonyl (C=O) groups excluding carboxylic acids is 1. The quantitative estimate of drug-likeness (QED) is 0.901. The molecule has 0 atom stereocenters. The molecule has 2 heterocycles. The molecule has 1 N–H and O–H groups in total. The maximum Gasteiger partial charge on any atom is 0.251 e. The van der Waals surface area contributed by atoms with Crippen LogP contribution in [0.5, 0.6) is 0 Å². The van der Waals surface area contributed by atoms with Gasteiger partial charge in [0.05, 0.1) is 5.69 Å². The van der Waals surface area contributed by atoms with Gasteiger partial charge in [0.25, 0.3) is 5.91 Å². The van der Waals surface area contributed by atoms with Crippen LogP contribution in [-0.2, 0) is 0 Å². The first-order valence-corrected chi connectivity index (χ1v) is 6.32. The van der Waals surface area contributed by atoms with Crippen molar-refractivity contribution < 1.29 is 4.79 Å². The summed E-state index contributed by atoms with van der Waals surface area (Å²) in [5, 5.41) is 2.94. The van der Waals surface area contributed by atoms with E-state index in [0.29, 0.717) is 17.2 Å². The first kappa shape index (κ1) is 11.8. The van der Waals surface area contributed by atoms with Gasteiger partial charge in [0.1, 0.15) is 6.33 Å². The lowest BCUT2D eigenvalue weighted by Crippen LogP contribution is -2.25. The molecule has 3 rings (SSSR count). The second-order valence-electron chi connectivity index (χ2n) is 4.71. The molecule has 1 aliphatic rings. The summed E-state index contributed by atoms with van der Waals surface area (Å²) in [6.45, 7) is 0.769. The minimum Gasteiger partial charge on any atom is -0.352 e. The molecule has 5 heteroatoms. The summed E-state index contributed by atoms with van der Waals surface area (Å²) in [6.07, 6.45) is 8.92. The van der Waals surface area contributed by atoms with Crippen LogP contribution < -0.4 is 5.32 Å². The van der Waals surface area contributed by atoms with E-state index in [0.717, 1.165) is 12.1 Å². The van der Waals surface area contributed by atoms with Crippen LogP contribution in [-0.4, -0.2) is 27.4 Å². The van der Waals surface area contributed by atoms with Gasteiger partial charge in [-0.05, 0) is 30.9 Å². The minimum absolute atomic E-state index is 0.0487. The molecule has 0 aromatic carbocycles. The fraction of sp³-hybridized carbons (Fsp3) is 0.286. The van der Waals surface area contributed by atoms with E-state index >= 15 is 0 Å². The van der Waals surface area contributed by atoms with Crippen LogP contribution >= 0.6 is 0 Å². The van der Waals surface area contributed by atoms with Crippen LogP contribution in [0, 0.1) is 5.92 Å². The SMILES string of the molecule is O=C(NCC1CC1)c1ccnc(-c2cncnc2)c1. The Balaban J connectivity index is 1.77. The molecule has 1 aliphatic carbocycles. The van der Waals surface area contributed by atoms with E-state index in [9.17, 15) is 4.79 Å². The lowest BCUT2D eigenvalue weighted by atomic mass is 10.1. The Labute approximate surface area is 111 Å². The first-order valence-electron chi connectivity index (χ1n) is 6.32. The molecule has 5 nitrogen and oxygen atoms in total. The summed E-state index contributed by atoms with van der Waals surface area (Å²) in [6, 6.07) is 3.48. The fourth-order valence-electron chi connectivity index (χ4n) is 1.82. The largest absolute Gasteiger partial charge is 0.352 e. The maximum absolute atomic E-state index is 12.0. The Morgan fingerprint density at radius 1 is 1.32 bits per heavy atom. The van der Waals surface area contributed by atoms with Crippen molar-refractivity contribution in [3.05, 3.63) is 42.6 Å². The highest BCUT2D eigenvalue weighted by Gasteiger charge is 2.21. The molecule has 1 amide bonds. The average Bonchev–Trinajstić information content (AvgIpc) is 3.30. The van der Waals surface area contributed by atoms with Gasteiger partial charge in [0.2, 0.25) is 0 Å². The summed E-state index contributed by atoms with van der Waals surface area (Å²) in [5.74, 6) is 0.625. The number of rotatable bonds is 4. The zero-order chi connectivity index (χ0) is 13.1. The van der Waals surface area contributed by atoms with E-state index in [1.807, 2.05) is 0 Å². The van der Waals surface area contributed by atoms with E-state index < -0.39 is 0 Å². The van der Waals surface area contributed by atoms with E-state index in [-0.39, 0.29) is 5.91 Å². The molecule has 2 aromatic heterocycles. The summed E-state index contributed by atoms with van der Waals surface area (Å²) in [4.78, 5) is 24.1. The highest BCUT2D eigenvalue weighted by atomic mass is 16.1. The molecular formula is C14H14N4O. The van der Waals surface area contributed by atoms with Gasteiger partial charge in [-0.25, -0.2) is 9.97 Å². The molecule has 0 radical (unpaired) electrons. The number of nitrogens with zero attached hydrogens (tertiary/aromatic N) is 3. The summed E-state index contributed by atoms with van der Waals surface area (Å²) < 4.78 is 0. The highest BCUT2D eigenvalue weighted by Crippen LogP contribution is 2.27. The summed E-state index contributed by atoms with van der Waals surface area (Å²) in [7, 11) is 0. The number of pyridine rings is 1. The molecule has 0 unspecified atom stereocenters. The van der Waals surface area contributed by atoms with Gasteiger partial charge in [-0.1, -0.05) is 0 Å². The predicted molar refractivity (Wildman–Crippen MR) is 70.3 cm³/mol. The lowest BCUT2D eigenvalue weighted by molar-refractivity contribution is 0.0951. The monoisotopic (exact) mass is 254 g/mol. The van der Waals surface area contributed by atoms with Gasteiger partial charge >= 0.3 is 0 Å². The normalized spacial score (nSPS) is 14.1. The molecule has 1 fully saturated rings. The highest BCUT2D eigenvalue weighted by molar-refractivity contribution is 5.95. The van der Waals surface area contributed by atoms with E-state index in [2.05, 4.69) is 20.3 Å². The molecule has 0 saturated heterocycles. The lowest BCUT2D eigenvalue weighted by Gasteiger charge is -2.05. The third kappa shape index (κ3) is 2.93. The topological polar surface area (TPSA) is 67.8 Å². The second kappa shape index (κ2) is 5.14. The Kier molecular flexibility index (Phi) is 3.18. The Hall–Kier alpha value is -2.30. The van der Waals surface area contributed by atoms with Crippen molar-refractivity contribution in [1.82, 2.24) is 20.3 Å². The number of nitrogens with one attached hydrogen (secondary N) is 1. The smallest absolute Gasteiger partial charge is 0.251 e. The Morgan fingerprint density at radius 3 is 2.84 bits per heavy atom. The van der Waals surface area contributed by atoms with Gasteiger partial charge in [0, 0.05) is 36.3 Å². The molecule has 19 heavy (non-hydrogen) atoms. The van der Waals surface area contributed by atoms with Gasteiger partial charge in [-0.15, -0.1) is 0 Å². The van der Waals surface area contributed by atoms with E-state index in [1.165, 1.54) is 19.2 Å². The van der Waals surface area contributed by atoms with Crippen molar-refractivity contribution in [2.24, 2.45) is 5.92 Å². The minimum atomic E-state index is -0.0487. The number of hydrogen-bond donors (Lipinski definition) is 1. The predicted octanol–water partition coefficient (Wildman–Crippen LogP) is 1.68. The number of amides is 1. The van der Waals surface area contributed by atoms with Crippen LogP contribution in [0.1, 0.15) is 23.2 Å². The average molecular weight is 254 g/mol. The van der Waals surface area contributed by atoms with Crippen molar-refractivity contribution in [3.8, 4) is 11.3 Å². The van der Waals surface area contributed by atoms with Crippen molar-refractivity contribution in [1.29, 1.82) is 0 Å². The number of hydrogen-bond acceptors (Lipinski definition) is 4. The summed E-state index contributed by atoms with van der Waals surface area (Å²) in [5.41, 5.74) is 2.13. The van der Waals surface area contributed by atoms with Crippen molar-refractivity contribution in [3.63, 3.8) is 0 Å².